The Morgan fingerprint density at radius 1 is 0.267 bits per heavy atom. The SMILES string of the molecule is O=S(=O)(Oc1cccc(OS(=O)(=O)C(F)(F)F)c1OS(=O)(=O)C(F)(F)F)C(F)(F)F.O=S(=O)(Oc1cccc(OS(=O)(=O)C(F)(F)F)c1OS(=O)(=O)C(F)(F)F)C(F)(F)F. The van der Waals surface area contributed by atoms with Gasteiger partial charge in [-0.2, -0.15) is 130 Å². The van der Waals surface area contributed by atoms with Gasteiger partial charge in [-0.15, -0.1) is 0 Å². The maximum atomic E-state index is 12.4. The molecule has 0 bridgehead atoms. The van der Waals surface area contributed by atoms with Crippen LogP contribution in [0, 0.1) is 0 Å². The minimum atomic E-state index is -6.89. The molecule has 2 aromatic rings. The summed E-state index contributed by atoms with van der Waals surface area (Å²) < 4.78 is 375. The fraction of sp³-hybridized carbons (Fsp3) is 0.333. The third-order valence-corrected chi connectivity index (χ3v) is 10.5. The van der Waals surface area contributed by atoms with E-state index in [1.54, 1.807) is 0 Å². The Morgan fingerprint density at radius 2 is 0.400 bits per heavy atom. The summed E-state index contributed by atoms with van der Waals surface area (Å²) in [7, 11) is -40.7. The van der Waals surface area contributed by atoms with E-state index in [1.807, 2.05) is 0 Å². The highest BCUT2D eigenvalue weighted by Gasteiger charge is 2.55. The van der Waals surface area contributed by atoms with Crippen LogP contribution in [0.4, 0.5) is 79.0 Å². The van der Waals surface area contributed by atoms with Gasteiger partial charge in [0.25, 0.3) is 0 Å². The highest BCUT2D eigenvalue weighted by molar-refractivity contribution is 7.89. The van der Waals surface area contributed by atoms with E-state index in [0.29, 0.717) is 0 Å². The molecule has 348 valence electrons. The van der Waals surface area contributed by atoms with Crippen molar-refractivity contribution < 1.29 is 155 Å². The Labute approximate surface area is 318 Å². The summed E-state index contributed by atoms with van der Waals surface area (Å²) >= 11 is 0. The van der Waals surface area contributed by atoms with Crippen molar-refractivity contribution in [3.8, 4) is 34.5 Å². The van der Waals surface area contributed by atoms with E-state index in [-0.39, 0.29) is 36.4 Å². The van der Waals surface area contributed by atoms with E-state index < -0.39 is 128 Å². The average molecular weight is 1040 g/mol. The zero-order valence-electron chi connectivity index (χ0n) is 26.1. The average Bonchev–Trinajstić information content (AvgIpc) is 2.96. The monoisotopic (exact) mass is 1040 g/mol. The predicted octanol–water partition coefficient (Wildman–Crippen LogP) is 4.74. The van der Waals surface area contributed by atoms with Gasteiger partial charge in [-0.25, -0.2) is 0 Å². The largest absolute Gasteiger partial charge is 0.534 e. The molecule has 0 saturated heterocycles. The molecule has 0 fully saturated rings. The molecule has 0 N–H and O–H groups in total. The van der Waals surface area contributed by atoms with Gasteiger partial charge in [0, 0.05) is 0 Å². The van der Waals surface area contributed by atoms with Gasteiger partial charge in [0.1, 0.15) is 0 Å². The minimum Gasteiger partial charge on any atom is -0.372 e. The van der Waals surface area contributed by atoms with Gasteiger partial charge in [-0.05, 0) is 24.3 Å². The van der Waals surface area contributed by atoms with Gasteiger partial charge in [0.15, 0.2) is 23.0 Å². The van der Waals surface area contributed by atoms with Gasteiger partial charge in [0.2, 0.25) is 11.5 Å². The zero-order chi connectivity index (χ0) is 47.9. The van der Waals surface area contributed by atoms with E-state index in [9.17, 15) is 130 Å². The summed E-state index contributed by atoms with van der Waals surface area (Å²) in [6.45, 7) is 0. The fourth-order valence-electron chi connectivity index (χ4n) is 2.39. The van der Waals surface area contributed by atoms with Crippen molar-refractivity contribution in [1.29, 1.82) is 0 Å². The number of benzene rings is 2. The first-order valence-electron chi connectivity index (χ1n) is 12.3. The molecule has 0 aliphatic heterocycles. The maximum Gasteiger partial charge on any atom is 0.534 e. The number of para-hydroxylation sites is 2. The lowest BCUT2D eigenvalue weighted by Gasteiger charge is -2.17. The molecule has 0 aliphatic carbocycles. The molecular formula is C18H6F18O18S6. The highest BCUT2D eigenvalue weighted by atomic mass is 32.2. The molecule has 42 heteroatoms. The molecule has 18 nitrogen and oxygen atoms in total. The molecule has 0 radical (unpaired) electrons. The second-order valence-corrected chi connectivity index (χ2v) is 18.3. The Hall–Kier alpha value is -4.32. The predicted molar refractivity (Wildman–Crippen MR) is 147 cm³/mol. The van der Waals surface area contributed by atoms with Gasteiger partial charge in [-0.1, -0.05) is 12.1 Å². The summed E-state index contributed by atoms with van der Waals surface area (Å²) in [5, 5.41) is 0. The first-order chi connectivity index (χ1) is 26.0. The van der Waals surface area contributed by atoms with Crippen molar-refractivity contribution in [2.75, 3.05) is 0 Å². The van der Waals surface area contributed by atoms with E-state index in [1.165, 1.54) is 0 Å². The van der Waals surface area contributed by atoms with Gasteiger partial charge in [0.05, 0.1) is 0 Å². The molecule has 0 heterocycles. The van der Waals surface area contributed by atoms with Crippen LogP contribution in [0.3, 0.4) is 0 Å². The number of hydrogen-bond donors (Lipinski definition) is 0. The van der Waals surface area contributed by atoms with Crippen molar-refractivity contribution >= 4 is 60.7 Å². The summed E-state index contributed by atoms with van der Waals surface area (Å²) in [5.74, 6) is -13.2. The molecule has 0 atom stereocenters. The lowest BCUT2D eigenvalue weighted by molar-refractivity contribution is -0.0517. The maximum absolute atomic E-state index is 12.4. The number of alkyl halides is 18. The Balaban J connectivity index is 0.000000600. The summed E-state index contributed by atoms with van der Waals surface area (Å²) in [5.41, 5.74) is -37.7. The molecule has 2 aromatic carbocycles. The summed E-state index contributed by atoms with van der Waals surface area (Å²) in [4.78, 5) is 0. The Kier molecular flexibility index (Phi) is 14.8. The summed E-state index contributed by atoms with van der Waals surface area (Å²) in [6, 6.07) is 0.482. The van der Waals surface area contributed by atoms with E-state index in [2.05, 4.69) is 25.1 Å². The van der Waals surface area contributed by atoms with Crippen LogP contribution in [0.1, 0.15) is 0 Å². The van der Waals surface area contributed by atoms with Crippen molar-refractivity contribution in [1.82, 2.24) is 0 Å². The van der Waals surface area contributed by atoms with Crippen LogP contribution in [0.2, 0.25) is 0 Å². The molecule has 0 spiro atoms. The van der Waals surface area contributed by atoms with E-state index in [4.69, 9.17) is 0 Å². The van der Waals surface area contributed by atoms with Crippen LogP contribution in [0.15, 0.2) is 36.4 Å². The zero-order valence-corrected chi connectivity index (χ0v) is 31.0. The molecule has 0 saturated carbocycles. The van der Waals surface area contributed by atoms with Crippen LogP contribution in [-0.2, 0) is 60.7 Å². The van der Waals surface area contributed by atoms with Crippen molar-refractivity contribution in [3.63, 3.8) is 0 Å². The van der Waals surface area contributed by atoms with Crippen molar-refractivity contribution in [2.24, 2.45) is 0 Å². The quantitative estimate of drug-likeness (QED) is 0.158. The van der Waals surface area contributed by atoms with Crippen LogP contribution < -0.4 is 25.1 Å². The second-order valence-electron chi connectivity index (χ2n) is 9.07. The van der Waals surface area contributed by atoms with Crippen LogP contribution >= 0.6 is 0 Å². The van der Waals surface area contributed by atoms with E-state index >= 15 is 0 Å². The molecule has 0 amide bonds. The van der Waals surface area contributed by atoms with E-state index in [0.717, 1.165) is 0 Å². The van der Waals surface area contributed by atoms with Crippen molar-refractivity contribution in [2.45, 2.75) is 33.0 Å². The standard InChI is InChI=1S/2C9H3F9O9S3/c2*10-7(11,12)28(19,20)25-4-2-1-3-5(26-29(21,22)8(13,14)15)6(4)27-30(23,24)9(16,17)18/h2*1-3H. The van der Waals surface area contributed by atoms with Gasteiger partial charge in [-0.3, -0.25) is 0 Å². The first kappa shape index (κ1) is 53.7. The molecule has 2 rings (SSSR count). The first-order valence-corrected chi connectivity index (χ1v) is 20.8. The van der Waals surface area contributed by atoms with Crippen molar-refractivity contribution in [3.05, 3.63) is 36.4 Å². The molecule has 0 aromatic heterocycles. The van der Waals surface area contributed by atoms with Gasteiger partial charge < -0.3 is 25.1 Å². The fourth-order valence-corrected chi connectivity index (χ4v) is 5.20. The molecular weight excluding hydrogens is 1040 g/mol. The van der Waals surface area contributed by atoms with Crippen LogP contribution in [0.25, 0.3) is 0 Å². The smallest absolute Gasteiger partial charge is 0.372 e. The molecule has 0 unspecified atom stereocenters. The van der Waals surface area contributed by atoms with Gasteiger partial charge >= 0.3 is 93.8 Å². The number of hydrogen-bond acceptors (Lipinski definition) is 18. The van der Waals surface area contributed by atoms with Crippen LogP contribution in [0.5, 0.6) is 34.5 Å². The minimum absolute atomic E-state index is 0.00240. The third-order valence-electron chi connectivity index (χ3n) is 4.77. The lowest BCUT2D eigenvalue weighted by Crippen LogP contribution is -2.31. The topological polar surface area (TPSA) is 260 Å². The molecule has 0 aliphatic rings. The third kappa shape index (κ3) is 12.8. The second kappa shape index (κ2) is 16.5. The normalized spacial score (nSPS) is 14.3. The lowest BCUT2D eigenvalue weighted by atomic mass is 10.3. The number of rotatable bonds is 12. The highest BCUT2D eigenvalue weighted by Crippen LogP contribution is 2.46. The number of halogens is 18. The van der Waals surface area contributed by atoms with Crippen LogP contribution in [-0.4, -0.2) is 83.6 Å². The Morgan fingerprint density at radius 3 is 0.533 bits per heavy atom. The molecule has 60 heavy (non-hydrogen) atoms. The Bertz CT molecular complexity index is 2280. The summed E-state index contributed by atoms with van der Waals surface area (Å²) in [6.07, 6.45) is 0.